The Kier molecular flexibility index (Phi) is 5.64. The zero-order valence-corrected chi connectivity index (χ0v) is 12.8. The lowest BCUT2D eigenvalue weighted by atomic mass is 9.84. The maximum Gasteiger partial charge on any atom is 0.226 e. The summed E-state index contributed by atoms with van der Waals surface area (Å²) in [5.74, 6) is 1.81. The minimum atomic E-state index is 0.147. The molecular weight excluding hydrogens is 226 g/mol. The van der Waals surface area contributed by atoms with Crippen molar-refractivity contribution in [3.05, 3.63) is 0 Å². The topological polar surface area (TPSA) is 29.5 Å². The number of likely N-dealkylation sites (tertiary alicyclic amines) is 1. The van der Waals surface area contributed by atoms with Crippen LogP contribution in [0.4, 0.5) is 0 Å². The maximum atomic E-state index is 12.7. The number of rotatable bonds is 5. The summed E-state index contributed by atoms with van der Waals surface area (Å²) in [7, 11) is 1.74. The summed E-state index contributed by atoms with van der Waals surface area (Å²) in [6.45, 7) is 12.4. The van der Waals surface area contributed by atoms with Crippen LogP contribution in [0.5, 0.6) is 0 Å². The second kappa shape index (κ2) is 6.55. The van der Waals surface area contributed by atoms with Crippen LogP contribution < -0.4 is 0 Å². The van der Waals surface area contributed by atoms with Crippen molar-refractivity contribution in [2.75, 3.05) is 20.3 Å². The van der Waals surface area contributed by atoms with Gasteiger partial charge in [0.2, 0.25) is 5.91 Å². The molecule has 1 aliphatic heterocycles. The van der Waals surface area contributed by atoms with Crippen LogP contribution in [0.1, 0.15) is 41.0 Å². The molecule has 1 fully saturated rings. The van der Waals surface area contributed by atoms with Crippen molar-refractivity contribution in [2.45, 2.75) is 47.1 Å². The average molecular weight is 255 g/mol. The second-order valence-electron chi connectivity index (χ2n) is 6.41. The molecule has 1 aliphatic rings. The molecule has 0 aliphatic carbocycles. The van der Waals surface area contributed by atoms with Crippen LogP contribution >= 0.6 is 0 Å². The highest BCUT2D eigenvalue weighted by molar-refractivity contribution is 5.80. The molecule has 106 valence electrons. The largest absolute Gasteiger partial charge is 0.384 e. The molecule has 0 saturated carbocycles. The first-order valence-corrected chi connectivity index (χ1v) is 7.17. The van der Waals surface area contributed by atoms with Crippen molar-refractivity contribution in [1.29, 1.82) is 0 Å². The SMILES string of the molecule is COCC1C[C@@H](C)N(C(=O)C(C(C)C)C(C)C)C1. The minimum Gasteiger partial charge on any atom is -0.384 e. The molecule has 0 radical (unpaired) electrons. The average Bonchev–Trinajstić information content (AvgIpc) is 2.58. The van der Waals surface area contributed by atoms with Gasteiger partial charge in [-0.2, -0.15) is 0 Å². The van der Waals surface area contributed by atoms with E-state index < -0.39 is 0 Å². The van der Waals surface area contributed by atoms with E-state index in [2.05, 4.69) is 39.5 Å². The van der Waals surface area contributed by atoms with Gasteiger partial charge in [0.25, 0.3) is 0 Å². The Balaban J connectivity index is 2.71. The molecule has 0 bridgehead atoms. The summed E-state index contributed by atoms with van der Waals surface area (Å²) in [4.78, 5) is 14.8. The summed E-state index contributed by atoms with van der Waals surface area (Å²) < 4.78 is 5.22. The smallest absolute Gasteiger partial charge is 0.226 e. The van der Waals surface area contributed by atoms with Gasteiger partial charge in [0.05, 0.1) is 6.61 Å². The van der Waals surface area contributed by atoms with Crippen molar-refractivity contribution in [1.82, 2.24) is 4.90 Å². The minimum absolute atomic E-state index is 0.147. The van der Waals surface area contributed by atoms with Gasteiger partial charge < -0.3 is 9.64 Å². The lowest BCUT2D eigenvalue weighted by Gasteiger charge is -2.31. The molecule has 1 unspecified atom stereocenters. The van der Waals surface area contributed by atoms with Gasteiger partial charge in [-0.05, 0) is 25.2 Å². The lowest BCUT2D eigenvalue weighted by Crippen LogP contribution is -2.42. The molecule has 1 saturated heterocycles. The summed E-state index contributed by atoms with van der Waals surface area (Å²) in [6, 6.07) is 0.359. The van der Waals surface area contributed by atoms with Crippen LogP contribution in [-0.4, -0.2) is 37.1 Å². The predicted octanol–water partition coefficient (Wildman–Crippen LogP) is 2.80. The van der Waals surface area contributed by atoms with Crippen molar-refractivity contribution >= 4 is 5.91 Å². The first-order chi connectivity index (χ1) is 8.38. The Morgan fingerprint density at radius 2 is 1.83 bits per heavy atom. The van der Waals surface area contributed by atoms with E-state index in [0.29, 0.717) is 29.7 Å². The number of ether oxygens (including phenoxy) is 1. The molecule has 1 amide bonds. The number of methoxy groups -OCH3 is 1. The number of carbonyl (C=O) groups is 1. The lowest BCUT2D eigenvalue weighted by molar-refractivity contribution is -0.139. The van der Waals surface area contributed by atoms with E-state index in [1.165, 1.54) is 0 Å². The summed E-state index contributed by atoms with van der Waals surface area (Å²) in [6.07, 6.45) is 1.07. The Labute approximate surface area is 112 Å². The fourth-order valence-electron chi connectivity index (χ4n) is 3.34. The van der Waals surface area contributed by atoms with Crippen molar-refractivity contribution in [3.63, 3.8) is 0 Å². The van der Waals surface area contributed by atoms with Crippen molar-refractivity contribution in [2.24, 2.45) is 23.7 Å². The molecule has 0 aromatic rings. The summed E-state index contributed by atoms with van der Waals surface area (Å²) >= 11 is 0. The fraction of sp³-hybridized carbons (Fsp3) is 0.933. The number of nitrogens with zero attached hydrogens (tertiary/aromatic N) is 1. The molecule has 0 aromatic heterocycles. The highest BCUT2D eigenvalue weighted by Crippen LogP contribution is 2.29. The number of hydrogen-bond donors (Lipinski definition) is 0. The summed E-state index contributed by atoms with van der Waals surface area (Å²) in [5, 5.41) is 0. The molecule has 1 heterocycles. The molecule has 3 heteroatoms. The van der Waals surface area contributed by atoms with E-state index in [4.69, 9.17) is 4.74 Å². The Morgan fingerprint density at radius 1 is 1.28 bits per heavy atom. The van der Waals surface area contributed by atoms with Gasteiger partial charge in [-0.1, -0.05) is 27.7 Å². The van der Waals surface area contributed by atoms with Crippen LogP contribution in [0, 0.1) is 23.7 Å². The molecule has 3 nitrogen and oxygen atoms in total. The molecule has 0 N–H and O–H groups in total. The highest BCUT2D eigenvalue weighted by Gasteiger charge is 2.37. The second-order valence-corrected chi connectivity index (χ2v) is 6.41. The van der Waals surface area contributed by atoms with Gasteiger partial charge in [0.15, 0.2) is 0 Å². The number of hydrogen-bond acceptors (Lipinski definition) is 2. The van der Waals surface area contributed by atoms with Gasteiger partial charge in [-0.25, -0.2) is 0 Å². The number of carbonyl (C=O) groups excluding carboxylic acids is 1. The van der Waals surface area contributed by atoms with E-state index in [-0.39, 0.29) is 5.92 Å². The van der Waals surface area contributed by atoms with Gasteiger partial charge in [0, 0.05) is 31.5 Å². The molecule has 1 rings (SSSR count). The highest BCUT2D eigenvalue weighted by atomic mass is 16.5. The van der Waals surface area contributed by atoms with Crippen molar-refractivity contribution < 1.29 is 9.53 Å². The predicted molar refractivity (Wildman–Crippen MR) is 74.3 cm³/mol. The first-order valence-electron chi connectivity index (χ1n) is 7.17. The van der Waals surface area contributed by atoms with E-state index in [9.17, 15) is 4.79 Å². The Bertz CT molecular complexity index is 268. The molecule has 2 atom stereocenters. The van der Waals surface area contributed by atoms with E-state index in [1.807, 2.05) is 0 Å². The van der Waals surface area contributed by atoms with Crippen LogP contribution in [0.15, 0.2) is 0 Å². The normalized spacial score (nSPS) is 24.6. The Morgan fingerprint density at radius 3 is 2.28 bits per heavy atom. The van der Waals surface area contributed by atoms with Gasteiger partial charge in [-0.15, -0.1) is 0 Å². The summed E-state index contributed by atoms with van der Waals surface area (Å²) in [5.41, 5.74) is 0. The van der Waals surface area contributed by atoms with E-state index in [1.54, 1.807) is 7.11 Å². The van der Waals surface area contributed by atoms with Crippen LogP contribution in [-0.2, 0) is 9.53 Å². The third-order valence-electron chi connectivity index (χ3n) is 4.07. The number of amides is 1. The fourth-order valence-corrected chi connectivity index (χ4v) is 3.34. The zero-order chi connectivity index (χ0) is 13.9. The van der Waals surface area contributed by atoms with E-state index >= 15 is 0 Å². The Hall–Kier alpha value is -0.570. The van der Waals surface area contributed by atoms with Crippen LogP contribution in [0.3, 0.4) is 0 Å². The molecule has 0 aromatic carbocycles. The monoisotopic (exact) mass is 255 g/mol. The van der Waals surface area contributed by atoms with Gasteiger partial charge >= 0.3 is 0 Å². The molecule has 0 spiro atoms. The maximum absolute atomic E-state index is 12.7. The van der Waals surface area contributed by atoms with Crippen LogP contribution in [0.25, 0.3) is 0 Å². The zero-order valence-electron chi connectivity index (χ0n) is 12.8. The van der Waals surface area contributed by atoms with Crippen LogP contribution in [0.2, 0.25) is 0 Å². The van der Waals surface area contributed by atoms with Gasteiger partial charge in [-0.3, -0.25) is 4.79 Å². The third kappa shape index (κ3) is 3.47. The first kappa shape index (κ1) is 15.5. The van der Waals surface area contributed by atoms with Gasteiger partial charge in [0.1, 0.15) is 0 Å². The van der Waals surface area contributed by atoms with Crippen molar-refractivity contribution in [3.8, 4) is 0 Å². The third-order valence-corrected chi connectivity index (χ3v) is 4.07. The molecular formula is C15H29NO2. The standard InChI is InChI=1S/C15H29NO2/c1-10(2)14(11(3)4)15(17)16-8-13(9-18-6)7-12(16)5/h10-14H,7-9H2,1-6H3/t12-,13?/m1/s1. The quantitative estimate of drug-likeness (QED) is 0.756. The van der Waals surface area contributed by atoms with E-state index in [0.717, 1.165) is 19.6 Å². The molecule has 18 heavy (non-hydrogen) atoms.